The lowest BCUT2D eigenvalue weighted by Crippen LogP contribution is -2.57. The van der Waals surface area contributed by atoms with Gasteiger partial charge in [0.1, 0.15) is 23.1 Å². The Balaban J connectivity index is 1.62. The first kappa shape index (κ1) is 22.9. The number of aromatic nitrogens is 1. The normalized spacial score (nSPS) is 28.2. The van der Waals surface area contributed by atoms with Crippen LogP contribution >= 0.6 is 22.9 Å². The first-order chi connectivity index (χ1) is 16.2. The summed E-state index contributed by atoms with van der Waals surface area (Å²) < 4.78 is 33.6. The van der Waals surface area contributed by atoms with Crippen molar-refractivity contribution in [2.45, 2.75) is 30.1 Å². The summed E-state index contributed by atoms with van der Waals surface area (Å²) in [5.74, 6) is -2.06. The van der Waals surface area contributed by atoms with E-state index in [1.54, 1.807) is 11.6 Å². The molecule has 2 bridgehead atoms. The summed E-state index contributed by atoms with van der Waals surface area (Å²) >= 11 is 7.63. The van der Waals surface area contributed by atoms with E-state index < -0.39 is 35.0 Å². The minimum Gasteiger partial charge on any atom is -0.480 e. The number of carboxylic acid groups (broad SMARTS) is 1. The van der Waals surface area contributed by atoms with E-state index in [1.807, 2.05) is 0 Å². The van der Waals surface area contributed by atoms with E-state index in [-0.39, 0.29) is 36.5 Å². The number of hydrogen-bond acceptors (Lipinski definition) is 8. The van der Waals surface area contributed by atoms with Gasteiger partial charge in [-0.05, 0) is 12.1 Å². The van der Waals surface area contributed by atoms with E-state index in [4.69, 9.17) is 16.3 Å². The van der Waals surface area contributed by atoms with Gasteiger partial charge in [0.05, 0.1) is 12.7 Å². The fourth-order valence-corrected chi connectivity index (χ4v) is 5.84. The Hall–Kier alpha value is -2.89. The summed E-state index contributed by atoms with van der Waals surface area (Å²) in [6.45, 7) is -0.146. The van der Waals surface area contributed by atoms with Gasteiger partial charge in [-0.1, -0.05) is 17.7 Å². The molecule has 178 valence electrons. The second-order valence-corrected chi connectivity index (χ2v) is 9.89. The van der Waals surface area contributed by atoms with Crippen LogP contribution in [0.2, 0.25) is 5.02 Å². The maximum Gasteiger partial charge on any atom is 0.338 e. The summed E-state index contributed by atoms with van der Waals surface area (Å²) in [5, 5.41) is 15.2. The number of ether oxygens (including phenoxy) is 1. The SMILES string of the molecule is COC(=O)C1=C(CN2CC3(F)CC2(C(=O)O)C3)NC(c2nccs2)=N[C@H]1c1ccc(F)cc1Cl. The molecule has 1 aliphatic carbocycles. The number of esters is 1. The molecule has 2 aromatic rings. The van der Waals surface area contributed by atoms with Crippen LogP contribution in [-0.4, -0.2) is 64.2 Å². The molecule has 1 saturated carbocycles. The number of amidine groups is 1. The lowest BCUT2D eigenvalue weighted by molar-refractivity contribution is -0.155. The van der Waals surface area contributed by atoms with Gasteiger partial charge < -0.3 is 15.2 Å². The molecule has 0 unspecified atom stereocenters. The van der Waals surface area contributed by atoms with Gasteiger partial charge in [-0.15, -0.1) is 11.3 Å². The molecule has 3 aliphatic heterocycles. The highest BCUT2D eigenvalue weighted by Crippen LogP contribution is 2.56. The van der Waals surface area contributed by atoms with Crippen LogP contribution in [0.1, 0.15) is 29.5 Å². The van der Waals surface area contributed by atoms with Crippen molar-refractivity contribution in [1.82, 2.24) is 15.2 Å². The highest BCUT2D eigenvalue weighted by Gasteiger charge is 2.70. The molecular formula is C22H19ClF2N4O4S. The van der Waals surface area contributed by atoms with Crippen LogP contribution in [0.25, 0.3) is 0 Å². The third kappa shape index (κ3) is 3.58. The molecule has 12 heteroatoms. The van der Waals surface area contributed by atoms with E-state index in [0.717, 1.165) is 6.07 Å². The van der Waals surface area contributed by atoms with E-state index in [1.165, 1.54) is 35.5 Å². The zero-order valence-corrected chi connectivity index (χ0v) is 19.4. The predicted octanol–water partition coefficient (Wildman–Crippen LogP) is 3.09. The van der Waals surface area contributed by atoms with Crippen molar-refractivity contribution in [2.75, 3.05) is 20.2 Å². The molecule has 2 N–H and O–H groups in total. The van der Waals surface area contributed by atoms with E-state index >= 15 is 0 Å². The highest BCUT2D eigenvalue weighted by molar-refractivity contribution is 7.11. The summed E-state index contributed by atoms with van der Waals surface area (Å²) in [6.07, 6.45) is 1.36. The van der Waals surface area contributed by atoms with Crippen molar-refractivity contribution in [1.29, 1.82) is 0 Å². The number of alkyl halides is 1. The van der Waals surface area contributed by atoms with E-state index in [2.05, 4.69) is 15.3 Å². The minimum atomic E-state index is -1.58. The average molecular weight is 509 g/mol. The van der Waals surface area contributed by atoms with Crippen LogP contribution in [0.5, 0.6) is 0 Å². The molecule has 0 spiro atoms. The van der Waals surface area contributed by atoms with Gasteiger partial charge in [-0.3, -0.25) is 14.7 Å². The summed E-state index contributed by atoms with van der Waals surface area (Å²) in [7, 11) is 1.21. The van der Waals surface area contributed by atoms with Crippen LogP contribution in [0.3, 0.4) is 0 Å². The second-order valence-electron chi connectivity index (χ2n) is 8.59. The van der Waals surface area contributed by atoms with Crippen LogP contribution in [0, 0.1) is 5.82 Å². The molecule has 8 nitrogen and oxygen atoms in total. The van der Waals surface area contributed by atoms with Gasteiger partial charge in [0.2, 0.25) is 0 Å². The molecule has 1 aromatic carbocycles. The number of rotatable bonds is 6. The number of carboxylic acids is 1. The number of thiazole rings is 1. The monoisotopic (exact) mass is 508 g/mol. The number of halogens is 3. The topological polar surface area (TPSA) is 104 Å². The first-order valence-electron chi connectivity index (χ1n) is 10.3. The Morgan fingerprint density at radius 3 is 2.79 bits per heavy atom. The van der Waals surface area contributed by atoms with Crippen molar-refractivity contribution in [3.05, 3.63) is 62.5 Å². The zero-order valence-electron chi connectivity index (χ0n) is 17.8. The van der Waals surface area contributed by atoms with Crippen LogP contribution < -0.4 is 5.32 Å². The van der Waals surface area contributed by atoms with Gasteiger partial charge in [-0.2, -0.15) is 0 Å². The predicted molar refractivity (Wildman–Crippen MR) is 120 cm³/mol. The Morgan fingerprint density at radius 2 is 2.18 bits per heavy atom. The molecule has 0 radical (unpaired) electrons. The Morgan fingerprint density at radius 1 is 1.41 bits per heavy atom. The quantitative estimate of drug-likeness (QED) is 0.578. The third-order valence-electron chi connectivity index (χ3n) is 6.47. The molecule has 3 fully saturated rings. The number of nitrogens with zero attached hydrogens (tertiary/aromatic N) is 3. The van der Waals surface area contributed by atoms with Crippen LogP contribution in [0.4, 0.5) is 8.78 Å². The van der Waals surface area contributed by atoms with Gasteiger partial charge in [-0.25, -0.2) is 18.6 Å². The van der Waals surface area contributed by atoms with E-state index in [9.17, 15) is 23.5 Å². The standard InChI is InChI=1S/C22H19ClF2N4O4S/c1-33-19(30)15-14(7-29-10-21(25)8-22(29,9-21)20(31)32)27-17(18-26-4-5-34-18)28-16(15)12-3-2-11(24)6-13(12)23/h2-6,16H,7-10H2,1H3,(H,27,28)(H,31,32)/t16-,21?,22?/m0/s1. The molecule has 6 rings (SSSR count). The Bertz CT molecular complexity index is 1240. The average Bonchev–Trinajstić information content (AvgIpc) is 3.46. The van der Waals surface area contributed by atoms with Gasteiger partial charge >= 0.3 is 11.9 Å². The number of carbonyl (C=O) groups is 2. The first-order valence-corrected chi connectivity index (χ1v) is 11.6. The molecule has 2 saturated heterocycles. The van der Waals surface area contributed by atoms with Crippen LogP contribution in [-0.2, 0) is 14.3 Å². The Kier molecular flexibility index (Phi) is 5.45. The number of aliphatic carboxylic acids is 1. The number of methoxy groups -OCH3 is 1. The number of carbonyl (C=O) groups excluding carboxylic acids is 1. The number of benzene rings is 1. The van der Waals surface area contributed by atoms with Gasteiger partial charge in [0.15, 0.2) is 10.8 Å². The van der Waals surface area contributed by atoms with Crippen molar-refractivity contribution < 1.29 is 28.2 Å². The summed E-state index contributed by atoms with van der Waals surface area (Å²) in [6, 6.07) is 2.78. The number of aliphatic imine (C=N–C) groups is 1. The van der Waals surface area contributed by atoms with Crippen LogP contribution in [0.15, 0.2) is 46.0 Å². The van der Waals surface area contributed by atoms with Gasteiger partial charge in [0, 0.05) is 53.8 Å². The lowest BCUT2D eigenvalue weighted by Gasteiger charge is -2.41. The molecule has 1 aromatic heterocycles. The van der Waals surface area contributed by atoms with Gasteiger partial charge in [0.25, 0.3) is 0 Å². The zero-order chi connectivity index (χ0) is 24.3. The molecule has 1 atom stereocenters. The van der Waals surface area contributed by atoms with Crippen molar-refractivity contribution in [2.24, 2.45) is 4.99 Å². The second kappa shape index (κ2) is 8.10. The largest absolute Gasteiger partial charge is 0.480 e. The van der Waals surface area contributed by atoms with Crippen molar-refractivity contribution >= 4 is 40.7 Å². The molecule has 0 amide bonds. The minimum absolute atomic E-state index is 0.0584. The molecule has 34 heavy (non-hydrogen) atoms. The van der Waals surface area contributed by atoms with Crippen molar-refractivity contribution in [3.63, 3.8) is 0 Å². The molecular weight excluding hydrogens is 490 g/mol. The third-order valence-corrected chi connectivity index (χ3v) is 7.58. The fourth-order valence-electron chi connectivity index (χ4n) is 4.98. The number of fused-ring (bicyclic) bond motifs is 1. The number of nitrogens with one attached hydrogen (secondary N) is 1. The summed E-state index contributed by atoms with van der Waals surface area (Å²) in [5.41, 5.74) is -2.19. The summed E-state index contributed by atoms with van der Waals surface area (Å²) in [4.78, 5) is 35.4. The molecule has 4 aliphatic rings. The highest BCUT2D eigenvalue weighted by atomic mass is 35.5. The number of hydrogen-bond donors (Lipinski definition) is 2. The van der Waals surface area contributed by atoms with Crippen molar-refractivity contribution in [3.8, 4) is 0 Å². The maximum atomic E-state index is 14.8. The lowest BCUT2D eigenvalue weighted by atomic mass is 9.71. The fraction of sp³-hybridized carbons (Fsp3) is 0.364. The molecule has 4 heterocycles. The smallest absolute Gasteiger partial charge is 0.338 e. The van der Waals surface area contributed by atoms with E-state index in [0.29, 0.717) is 22.1 Å². The Labute approximate surface area is 201 Å². The maximum absolute atomic E-state index is 14.8.